The monoisotopic (exact) mass is 540 g/mol. The van der Waals surface area contributed by atoms with Crippen LogP contribution in [0.4, 0.5) is 14.5 Å². The van der Waals surface area contributed by atoms with Gasteiger partial charge in [-0.2, -0.15) is 0 Å². The zero-order valence-electron chi connectivity index (χ0n) is 19.1. The quantitative estimate of drug-likeness (QED) is 0.328. The summed E-state index contributed by atoms with van der Waals surface area (Å²) in [5.41, 5.74) is 1.71. The highest BCUT2D eigenvalue weighted by atomic mass is 35.5. The predicted molar refractivity (Wildman–Crippen MR) is 136 cm³/mol. The van der Waals surface area contributed by atoms with E-state index < -0.39 is 43.9 Å². The number of halogens is 3. The van der Waals surface area contributed by atoms with Gasteiger partial charge in [0, 0.05) is 30.3 Å². The van der Waals surface area contributed by atoms with Crippen LogP contribution in [0.2, 0.25) is 5.02 Å². The van der Waals surface area contributed by atoms with Crippen molar-refractivity contribution in [2.24, 2.45) is 0 Å². The van der Waals surface area contributed by atoms with Crippen LogP contribution in [-0.4, -0.2) is 24.3 Å². The van der Waals surface area contributed by atoms with E-state index in [2.05, 4.69) is 0 Å². The summed E-state index contributed by atoms with van der Waals surface area (Å²) in [5, 5.41) is 10.1. The van der Waals surface area contributed by atoms with E-state index in [1.807, 2.05) is 29.0 Å². The van der Waals surface area contributed by atoms with Gasteiger partial charge in [0.1, 0.15) is 16.5 Å². The number of phenolic OH excluding ortho intramolecular Hbond substituents is 1. The minimum atomic E-state index is -4.65. The third-order valence-corrected chi connectivity index (χ3v) is 7.75. The molecule has 10 heteroatoms. The van der Waals surface area contributed by atoms with Crippen LogP contribution in [0.3, 0.4) is 0 Å². The van der Waals surface area contributed by atoms with E-state index in [4.69, 9.17) is 11.6 Å². The molecule has 5 rings (SSSR count). The van der Waals surface area contributed by atoms with Gasteiger partial charge in [-0.05, 0) is 34.9 Å². The Morgan fingerprint density at radius 2 is 1.51 bits per heavy atom. The van der Waals surface area contributed by atoms with Crippen molar-refractivity contribution in [3.8, 4) is 16.9 Å². The van der Waals surface area contributed by atoms with Crippen LogP contribution in [0.1, 0.15) is 21.5 Å². The highest BCUT2D eigenvalue weighted by Crippen LogP contribution is 2.36. The van der Waals surface area contributed by atoms with Crippen molar-refractivity contribution >= 4 is 33.2 Å². The number of hydrogen-bond donors (Lipinski definition) is 2. The smallest absolute Gasteiger partial charge is 0.265 e. The van der Waals surface area contributed by atoms with Crippen LogP contribution < -0.4 is 4.72 Å². The van der Waals surface area contributed by atoms with Crippen molar-refractivity contribution in [3.63, 3.8) is 0 Å². The second kappa shape index (κ2) is 9.49. The second-order valence-corrected chi connectivity index (χ2v) is 10.6. The number of sulfonamides is 1. The molecular formula is C27H19ClF2N2O4S. The van der Waals surface area contributed by atoms with Gasteiger partial charge in [0.15, 0.2) is 5.75 Å². The molecule has 4 aromatic rings. The number of anilines is 1. The van der Waals surface area contributed by atoms with E-state index >= 15 is 0 Å². The number of hydrogen-bond acceptors (Lipinski definition) is 4. The zero-order valence-corrected chi connectivity index (χ0v) is 20.7. The molecule has 0 atom stereocenters. The van der Waals surface area contributed by atoms with Crippen LogP contribution >= 0.6 is 11.6 Å². The van der Waals surface area contributed by atoms with Gasteiger partial charge in [-0.15, -0.1) is 0 Å². The topological polar surface area (TPSA) is 86.7 Å². The molecule has 6 nitrogen and oxygen atoms in total. The third kappa shape index (κ3) is 4.75. The van der Waals surface area contributed by atoms with Gasteiger partial charge in [-0.3, -0.25) is 9.52 Å². The number of fused-ring (bicyclic) bond motifs is 1. The molecular weight excluding hydrogens is 522 g/mol. The Balaban J connectivity index is 1.49. The lowest BCUT2D eigenvalue weighted by molar-refractivity contribution is 0.0751. The Hall–Kier alpha value is -3.95. The number of carbonyl (C=O) groups excluding carboxylic acids is 1. The first-order valence-electron chi connectivity index (χ1n) is 11.1. The van der Waals surface area contributed by atoms with Gasteiger partial charge in [-0.25, -0.2) is 17.2 Å². The largest absolute Gasteiger partial charge is 0.505 e. The Morgan fingerprint density at radius 1 is 0.892 bits per heavy atom. The number of rotatable bonds is 5. The average Bonchev–Trinajstić information content (AvgIpc) is 3.31. The number of amides is 1. The lowest BCUT2D eigenvalue weighted by Crippen LogP contribution is -2.26. The van der Waals surface area contributed by atoms with E-state index in [1.165, 1.54) is 11.0 Å². The fraction of sp³-hybridized carbons (Fsp3) is 0.0741. The molecule has 0 unspecified atom stereocenters. The van der Waals surface area contributed by atoms with E-state index in [9.17, 15) is 27.1 Å². The molecule has 0 saturated carbocycles. The van der Waals surface area contributed by atoms with Gasteiger partial charge < -0.3 is 10.0 Å². The lowest BCUT2D eigenvalue weighted by Gasteiger charge is -2.18. The number of nitrogens with one attached hydrogen (secondary N) is 1. The molecule has 1 amide bonds. The van der Waals surface area contributed by atoms with Crippen LogP contribution in [0, 0.1) is 11.6 Å². The standard InChI is InChI=1S/C27H19ClF2N2O4S/c28-21-10-19(27(34)32-14-17-8-4-5-9-18(17)15-32)11-25(26(21)33)37(35,36)31-24-12-20(22(29)13-23(24)30)16-6-2-1-3-7-16/h1-13,31,33H,14-15H2. The number of phenols is 1. The van der Waals surface area contributed by atoms with Crippen molar-refractivity contribution in [3.05, 3.63) is 112 Å². The lowest BCUT2D eigenvalue weighted by atomic mass is 10.0. The Bertz CT molecular complexity index is 1620. The number of benzene rings is 4. The molecule has 0 radical (unpaired) electrons. The first kappa shape index (κ1) is 24.7. The third-order valence-electron chi connectivity index (χ3n) is 6.08. The van der Waals surface area contributed by atoms with Crippen LogP contribution in [0.15, 0.2) is 83.8 Å². The molecule has 1 aliphatic heterocycles. The first-order chi connectivity index (χ1) is 17.6. The Labute approximate surface area is 216 Å². The van der Waals surface area contributed by atoms with Gasteiger partial charge in [0.25, 0.3) is 15.9 Å². The summed E-state index contributed by atoms with van der Waals surface area (Å²) >= 11 is 6.09. The maximum atomic E-state index is 14.6. The maximum Gasteiger partial charge on any atom is 0.265 e. The molecule has 0 bridgehead atoms. The minimum Gasteiger partial charge on any atom is -0.505 e. The van der Waals surface area contributed by atoms with Crippen LogP contribution in [0.5, 0.6) is 5.75 Å². The Kier molecular flexibility index (Phi) is 6.35. The van der Waals surface area contributed by atoms with E-state index in [0.29, 0.717) is 24.7 Å². The molecule has 188 valence electrons. The highest BCUT2D eigenvalue weighted by molar-refractivity contribution is 7.92. The summed E-state index contributed by atoms with van der Waals surface area (Å²) in [4.78, 5) is 14.0. The SMILES string of the molecule is O=C(c1cc(Cl)c(O)c(S(=O)(=O)Nc2cc(-c3ccccc3)c(F)cc2F)c1)N1Cc2ccccc2C1. The summed E-state index contributed by atoms with van der Waals surface area (Å²) in [6.07, 6.45) is 0. The second-order valence-electron chi connectivity index (χ2n) is 8.52. The summed E-state index contributed by atoms with van der Waals surface area (Å²) in [6.45, 7) is 0.660. The molecule has 0 aliphatic carbocycles. The van der Waals surface area contributed by atoms with Crippen molar-refractivity contribution in [1.82, 2.24) is 4.90 Å². The molecule has 0 saturated heterocycles. The summed E-state index contributed by atoms with van der Waals surface area (Å²) in [7, 11) is -4.65. The zero-order chi connectivity index (χ0) is 26.3. The van der Waals surface area contributed by atoms with Gasteiger partial charge >= 0.3 is 0 Å². The predicted octanol–water partition coefficient (Wildman–Crippen LogP) is 5.95. The summed E-state index contributed by atoms with van der Waals surface area (Å²) in [6, 6.07) is 19.5. The molecule has 0 spiro atoms. The fourth-order valence-corrected chi connectivity index (χ4v) is 5.71. The van der Waals surface area contributed by atoms with E-state index in [0.717, 1.165) is 23.3 Å². The normalized spacial score (nSPS) is 12.9. The van der Waals surface area contributed by atoms with E-state index in [-0.39, 0.29) is 16.1 Å². The molecule has 0 aromatic heterocycles. The van der Waals surface area contributed by atoms with Gasteiger partial charge in [0.2, 0.25) is 0 Å². The fourth-order valence-electron chi connectivity index (χ4n) is 4.23. The molecule has 2 N–H and O–H groups in total. The van der Waals surface area contributed by atoms with Gasteiger partial charge in [0.05, 0.1) is 10.7 Å². The van der Waals surface area contributed by atoms with Crippen molar-refractivity contribution in [2.45, 2.75) is 18.0 Å². The minimum absolute atomic E-state index is 0.0283. The first-order valence-corrected chi connectivity index (χ1v) is 13.0. The summed E-state index contributed by atoms with van der Waals surface area (Å²) < 4.78 is 57.5. The van der Waals surface area contributed by atoms with Gasteiger partial charge in [-0.1, -0.05) is 66.2 Å². The number of aromatic hydroxyl groups is 1. The number of carbonyl (C=O) groups is 1. The van der Waals surface area contributed by atoms with E-state index in [1.54, 1.807) is 30.3 Å². The molecule has 37 heavy (non-hydrogen) atoms. The average molecular weight is 541 g/mol. The molecule has 4 aromatic carbocycles. The van der Waals surface area contributed by atoms with Crippen molar-refractivity contribution < 1.29 is 27.1 Å². The maximum absolute atomic E-state index is 14.6. The Morgan fingerprint density at radius 3 is 2.16 bits per heavy atom. The molecule has 0 fully saturated rings. The van der Waals surface area contributed by atoms with Crippen molar-refractivity contribution in [2.75, 3.05) is 4.72 Å². The van der Waals surface area contributed by atoms with Crippen LogP contribution in [-0.2, 0) is 23.1 Å². The van der Waals surface area contributed by atoms with Crippen LogP contribution in [0.25, 0.3) is 11.1 Å². The number of nitrogens with zero attached hydrogens (tertiary/aromatic N) is 1. The highest BCUT2D eigenvalue weighted by Gasteiger charge is 2.29. The molecule has 1 heterocycles. The molecule has 1 aliphatic rings. The summed E-state index contributed by atoms with van der Waals surface area (Å²) in [5.74, 6) is -3.33. The van der Waals surface area contributed by atoms with Crippen molar-refractivity contribution in [1.29, 1.82) is 0 Å².